The Hall–Kier alpha value is -3.42. The Morgan fingerprint density at radius 2 is 0.567 bits per heavy atom. The van der Waals surface area contributed by atoms with E-state index in [1.54, 1.807) is 12.1 Å². The van der Waals surface area contributed by atoms with Gasteiger partial charge in [-0.25, -0.2) is 0 Å². The average molecular weight is 935 g/mol. The van der Waals surface area contributed by atoms with Gasteiger partial charge in [0.1, 0.15) is 0 Å². The molecule has 0 unspecified atom stereocenters. The highest BCUT2D eigenvalue weighted by Crippen LogP contribution is 2.50. The van der Waals surface area contributed by atoms with Gasteiger partial charge in [0.15, 0.2) is 34.6 Å². The van der Waals surface area contributed by atoms with Crippen LogP contribution in [0.3, 0.4) is 0 Å². The van der Waals surface area contributed by atoms with Crippen molar-refractivity contribution in [2.75, 3.05) is 33.0 Å². The van der Waals surface area contributed by atoms with Gasteiger partial charge in [0, 0.05) is 11.1 Å². The van der Waals surface area contributed by atoms with E-state index in [0.717, 1.165) is 96.3 Å². The van der Waals surface area contributed by atoms with E-state index in [1.807, 2.05) is 0 Å². The van der Waals surface area contributed by atoms with Crippen LogP contribution in [0.1, 0.15) is 291 Å². The molecular formula is C59H98O8. The van der Waals surface area contributed by atoms with E-state index in [-0.39, 0.29) is 39.5 Å². The summed E-state index contributed by atoms with van der Waals surface area (Å²) in [6.07, 6.45) is 39.7. The van der Waals surface area contributed by atoms with E-state index >= 15 is 4.79 Å². The molecule has 0 fully saturated rings. The lowest BCUT2D eigenvalue weighted by Crippen LogP contribution is -2.24. The number of ether oxygens (including phenoxy) is 5. The number of aromatic hydroxyl groups is 1. The molecule has 0 saturated carbocycles. The molecule has 0 saturated heterocycles. The number of hydrogen-bond donors (Lipinski definition) is 1. The molecule has 0 aliphatic heterocycles. The Morgan fingerprint density at radius 1 is 0.313 bits per heavy atom. The Morgan fingerprint density at radius 3 is 0.925 bits per heavy atom. The first kappa shape index (κ1) is 57.9. The van der Waals surface area contributed by atoms with Crippen molar-refractivity contribution in [1.82, 2.24) is 0 Å². The second-order valence-electron chi connectivity index (χ2n) is 19.4. The number of carbonyl (C=O) groups is 2. The molecule has 2 aromatic carbocycles. The number of hydrogen-bond acceptors (Lipinski definition) is 8. The number of phenolic OH excluding ortho intramolecular Hbond substituents is 1. The van der Waals surface area contributed by atoms with E-state index < -0.39 is 11.6 Å². The van der Waals surface area contributed by atoms with Crippen LogP contribution < -0.4 is 23.7 Å². The molecule has 1 N–H and O–H groups in total. The van der Waals surface area contributed by atoms with Gasteiger partial charge >= 0.3 is 0 Å². The van der Waals surface area contributed by atoms with Crippen molar-refractivity contribution in [2.24, 2.45) is 0 Å². The van der Waals surface area contributed by atoms with Crippen LogP contribution in [0.2, 0.25) is 0 Å². The zero-order valence-electron chi connectivity index (χ0n) is 43.7. The van der Waals surface area contributed by atoms with E-state index in [9.17, 15) is 9.90 Å². The summed E-state index contributed by atoms with van der Waals surface area (Å²) in [5.41, 5.74) is 0.383. The van der Waals surface area contributed by atoms with Crippen LogP contribution in [0, 0.1) is 0 Å². The standard InChI is InChI=1S/C59H98O8/c1-6-11-16-21-26-31-36-41-63-50-46-48-52(56(62)57(50)65-43-38-33-28-23-18-13-8-3)54(60)49-47-51(64-42-37-32-27-22-17-12-7-2)58(66-44-39-34-29-24-19-14-9-4)59(53(49)55(48)61)67-45-40-35-30-25-20-15-10-5/h46-47,62H,6-45H2,1-5H3. The van der Waals surface area contributed by atoms with Crippen molar-refractivity contribution < 1.29 is 38.4 Å². The molecule has 0 bridgehead atoms. The highest BCUT2D eigenvalue weighted by molar-refractivity contribution is 6.31. The minimum atomic E-state index is -0.457. The summed E-state index contributed by atoms with van der Waals surface area (Å²) in [4.78, 5) is 30.0. The molecule has 2 aromatic rings. The van der Waals surface area contributed by atoms with Crippen LogP contribution in [0.5, 0.6) is 34.5 Å². The lowest BCUT2D eigenvalue weighted by molar-refractivity contribution is 0.0969. The molecule has 0 aromatic heterocycles. The minimum Gasteiger partial charge on any atom is -0.504 e. The van der Waals surface area contributed by atoms with Crippen LogP contribution in [0.25, 0.3) is 0 Å². The average Bonchev–Trinajstić information content (AvgIpc) is 3.33. The summed E-state index contributed by atoms with van der Waals surface area (Å²) < 4.78 is 32.5. The molecule has 0 heterocycles. The molecule has 0 radical (unpaired) electrons. The van der Waals surface area contributed by atoms with Gasteiger partial charge in [0.05, 0.1) is 44.2 Å². The number of carbonyl (C=O) groups excluding carboxylic acids is 2. The van der Waals surface area contributed by atoms with Crippen LogP contribution in [-0.2, 0) is 0 Å². The van der Waals surface area contributed by atoms with Crippen molar-refractivity contribution in [2.45, 2.75) is 259 Å². The lowest BCUT2D eigenvalue weighted by atomic mass is 9.82. The normalized spacial score (nSPS) is 12.1. The zero-order valence-corrected chi connectivity index (χ0v) is 43.7. The number of rotatable bonds is 45. The maximum atomic E-state index is 15.1. The Balaban J connectivity index is 2.01. The van der Waals surface area contributed by atoms with E-state index in [4.69, 9.17) is 23.7 Å². The predicted octanol–water partition coefficient (Wildman–Crippen LogP) is 17.8. The van der Waals surface area contributed by atoms with Crippen molar-refractivity contribution in [1.29, 1.82) is 0 Å². The molecule has 382 valence electrons. The molecule has 0 atom stereocenters. The first-order chi connectivity index (χ1) is 32.9. The van der Waals surface area contributed by atoms with E-state index in [0.29, 0.717) is 50.3 Å². The van der Waals surface area contributed by atoms with Crippen molar-refractivity contribution in [3.05, 3.63) is 34.4 Å². The fourth-order valence-electron chi connectivity index (χ4n) is 9.14. The Bertz CT molecular complexity index is 1620. The van der Waals surface area contributed by atoms with Crippen molar-refractivity contribution >= 4 is 11.6 Å². The molecule has 3 rings (SSSR count). The second-order valence-corrected chi connectivity index (χ2v) is 19.4. The van der Waals surface area contributed by atoms with E-state index in [2.05, 4.69) is 34.6 Å². The van der Waals surface area contributed by atoms with Crippen LogP contribution >= 0.6 is 0 Å². The van der Waals surface area contributed by atoms with Gasteiger partial charge < -0.3 is 28.8 Å². The molecule has 67 heavy (non-hydrogen) atoms. The van der Waals surface area contributed by atoms with Crippen LogP contribution in [0.4, 0.5) is 0 Å². The lowest BCUT2D eigenvalue weighted by Gasteiger charge is -2.26. The Kier molecular flexibility index (Phi) is 32.4. The number of fused-ring (bicyclic) bond motifs is 2. The van der Waals surface area contributed by atoms with Gasteiger partial charge in [-0.3, -0.25) is 9.59 Å². The molecule has 1 aliphatic rings. The molecule has 1 aliphatic carbocycles. The summed E-state index contributed by atoms with van der Waals surface area (Å²) in [5, 5.41) is 12.1. The third kappa shape index (κ3) is 21.8. The smallest absolute Gasteiger partial charge is 0.204 e. The highest BCUT2D eigenvalue weighted by atomic mass is 16.5. The van der Waals surface area contributed by atoms with Gasteiger partial charge in [-0.15, -0.1) is 0 Å². The molecule has 8 nitrogen and oxygen atoms in total. The minimum absolute atomic E-state index is 0.0526. The number of benzene rings is 2. The first-order valence-corrected chi connectivity index (χ1v) is 28.3. The molecule has 8 heteroatoms. The first-order valence-electron chi connectivity index (χ1n) is 28.3. The summed E-state index contributed by atoms with van der Waals surface area (Å²) in [5.74, 6) is 0.327. The molecule has 0 spiro atoms. The van der Waals surface area contributed by atoms with Gasteiger partial charge in [-0.1, -0.05) is 227 Å². The molecule has 0 amide bonds. The summed E-state index contributed by atoms with van der Waals surface area (Å²) >= 11 is 0. The number of ketones is 2. The van der Waals surface area contributed by atoms with Gasteiger partial charge in [-0.05, 0) is 44.2 Å². The number of phenols is 1. The summed E-state index contributed by atoms with van der Waals surface area (Å²) in [6, 6.07) is 3.30. The quantitative estimate of drug-likeness (QED) is 0.0559. The van der Waals surface area contributed by atoms with Gasteiger partial charge in [-0.2, -0.15) is 0 Å². The maximum Gasteiger partial charge on any atom is 0.204 e. The largest absolute Gasteiger partial charge is 0.504 e. The van der Waals surface area contributed by atoms with E-state index in [1.165, 1.54) is 128 Å². The summed E-state index contributed by atoms with van der Waals surface area (Å²) in [7, 11) is 0. The SMILES string of the molecule is CCCCCCCCCOc1cc2c(c(O)c1OCCCCCCCCC)C(=O)c1cc(OCCCCCCCCC)c(OCCCCCCCCC)c(OCCCCCCCCC)c1C2=O. The molecular weight excluding hydrogens is 837 g/mol. The monoisotopic (exact) mass is 935 g/mol. The second kappa shape index (κ2) is 37.5. The van der Waals surface area contributed by atoms with Crippen molar-refractivity contribution in [3.8, 4) is 34.5 Å². The Labute approximate surface area is 409 Å². The third-order valence-electron chi connectivity index (χ3n) is 13.4. The topological polar surface area (TPSA) is 101 Å². The maximum absolute atomic E-state index is 15.1. The van der Waals surface area contributed by atoms with Crippen LogP contribution in [0.15, 0.2) is 12.1 Å². The van der Waals surface area contributed by atoms with Crippen LogP contribution in [-0.4, -0.2) is 49.7 Å². The predicted molar refractivity (Wildman–Crippen MR) is 279 cm³/mol. The third-order valence-corrected chi connectivity index (χ3v) is 13.4. The fourth-order valence-corrected chi connectivity index (χ4v) is 9.14. The van der Waals surface area contributed by atoms with Gasteiger partial charge in [0.25, 0.3) is 0 Å². The number of unbranched alkanes of at least 4 members (excludes halogenated alkanes) is 30. The van der Waals surface area contributed by atoms with Crippen molar-refractivity contribution in [3.63, 3.8) is 0 Å². The highest BCUT2D eigenvalue weighted by Gasteiger charge is 2.40. The zero-order chi connectivity index (χ0) is 48.2. The summed E-state index contributed by atoms with van der Waals surface area (Å²) in [6.45, 7) is 13.2. The fraction of sp³-hybridized carbons (Fsp3) is 0.763. The van der Waals surface area contributed by atoms with Gasteiger partial charge in [0.2, 0.25) is 11.5 Å².